The number of hydrogen-bond acceptors (Lipinski definition) is 5. The molecule has 0 spiro atoms. The zero-order valence-corrected chi connectivity index (χ0v) is 15.4. The average Bonchev–Trinajstić information content (AvgIpc) is 2.93. The van der Waals surface area contributed by atoms with E-state index in [0.29, 0.717) is 12.5 Å². The summed E-state index contributed by atoms with van der Waals surface area (Å²) in [6.07, 6.45) is 5.29. The molecule has 0 bridgehead atoms. The summed E-state index contributed by atoms with van der Waals surface area (Å²) in [5.41, 5.74) is 1.59. The normalized spacial score (nSPS) is 16.2. The van der Waals surface area contributed by atoms with Crippen molar-refractivity contribution in [1.82, 2.24) is 20.3 Å². The first kappa shape index (κ1) is 17.5. The van der Waals surface area contributed by atoms with Gasteiger partial charge in [-0.1, -0.05) is 0 Å². The highest BCUT2D eigenvalue weighted by Crippen LogP contribution is 2.29. The van der Waals surface area contributed by atoms with Gasteiger partial charge in [-0.15, -0.1) is 0 Å². The van der Waals surface area contributed by atoms with Crippen LogP contribution in [0.3, 0.4) is 0 Å². The summed E-state index contributed by atoms with van der Waals surface area (Å²) in [5, 5.41) is 3.99. The smallest absolute Gasteiger partial charge is 0.407 e. The second kappa shape index (κ2) is 6.90. The maximum atomic E-state index is 11.8. The van der Waals surface area contributed by atoms with Crippen LogP contribution in [0, 0.1) is 12.8 Å². The lowest BCUT2D eigenvalue weighted by molar-refractivity contribution is 0.0517. The summed E-state index contributed by atoms with van der Waals surface area (Å²) in [4.78, 5) is 26.1. The molecule has 7 heteroatoms. The summed E-state index contributed by atoms with van der Waals surface area (Å²) in [5.74, 6) is 1.47. The van der Waals surface area contributed by atoms with Crippen LogP contribution in [0.4, 0.5) is 10.6 Å². The van der Waals surface area contributed by atoms with E-state index in [1.54, 1.807) is 6.33 Å². The Bertz CT molecular complexity index is 741. The lowest BCUT2D eigenvalue weighted by atomic mass is 9.96. The number of fused-ring (bicyclic) bond motifs is 1. The molecule has 2 N–H and O–H groups in total. The number of amides is 1. The number of aryl methyl sites for hydroxylation is 1. The highest BCUT2D eigenvalue weighted by molar-refractivity contribution is 5.90. The van der Waals surface area contributed by atoms with Gasteiger partial charge in [0.2, 0.25) is 0 Å². The van der Waals surface area contributed by atoms with E-state index < -0.39 is 5.60 Å². The van der Waals surface area contributed by atoms with E-state index in [1.165, 1.54) is 5.56 Å². The van der Waals surface area contributed by atoms with Crippen molar-refractivity contribution in [3.05, 3.63) is 18.1 Å². The van der Waals surface area contributed by atoms with Gasteiger partial charge < -0.3 is 19.9 Å². The van der Waals surface area contributed by atoms with Crippen molar-refractivity contribution in [3.8, 4) is 0 Å². The molecule has 1 saturated heterocycles. The first-order valence-corrected chi connectivity index (χ1v) is 8.84. The minimum absolute atomic E-state index is 0.338. The third-order valence-electron chi connectivity index (χ3n) is 4.50. The van der Waals surface area contributed by atoms with Crippen molar-refractivity contribution >= 4 is 22.9 Å². The number of anilines is 1. The Morgan fingerprint density at radius 1 is 1.36 bits per heavy atom. The topological polar surface area (TPSA) is 83.1 Å². The lowest BCUT2D eigenvalue weighted by Crippen LogP contribution is -2.40. The molecule has 2 aromatic heterocycles. The summed E-state index contributed by atoms with van der Waals surface area (Å²) in [6.45, 7) is 10.2. The Morgan fingerprint density at radius 3 is 2.76 bits per heavy atom. The van der Waals surface area contributed by atoms with E-state index in [0.717, 1.165) is 42.8 Å². The van der Waals surface area contributed by atoms with Gasteiger partial charge in [0.15, 0.2) is 0 Å². The zero-order valence-electron chi connectivity index (χ0n) is 15.4. The van der Waals surface area contributed by atoms with Gasteiger partial charge in [-0.3, -0.25) is 0 Å². The van der Waals surface area contributed by atoms with Gasteiger partial charge in [0.1, 0.15) is 23.4 Å². The third kappa shape index (κ3) is 4.21. The largest absolute Gasteiger partial charge is 0.444 e. The lowest BCUT2D eigenvalue weighted by Gasteiger charge is -2.33. The van der Waals surface area contributed by atoms with Crippen LogP contribution in [-0.4, -0.2) is 46.3 Å². The van der Waals surface area contributed by atoms with Gasteiger partial charge in [-0.2, -0.15) is 0 Å². The fourth-order valence-electron chi connectivity index (χ4n) is 3.23. The van der Waals surface area contributed by atoms with Gasteiger partial charge in [0.25, 0.3) is 0 Å². The molecule has 136 valence electrons. The maximum absolute atomic E-state index is 11.8. The molecule has 7 nitrogen and oxygen atoms in total. The molecule has 0 atom stereocenters. The van der Waals surface area contributed by atoms with Crippen LogP contribution in [0.2, 0.25) is 0 Å². The van der Waals surface area contributed by atoms with Crippen molar-refractivity contribution in [3.63, 3.8) is 0 Å². The second-order valence-electron chi connectivity index (χ2n) is 7.71. The molecule has 1 aliphatic heterocycles. The molecule has 2 aromatic rings. The Kier molecular flexibility index (Phi) is 4.83. The zero-order chi connectivity index (χ0) is 18.0. The summed E-state index contributed by atoms with van der Waals surface area (Å²) in [6, 6.07) is 0. The fraction of sp³-hybridized carbons (Fsp3) is 0.611. The monoisotopic (exact) mass is 345 g/mol. The minimum Gasteiger partial charge on any atom is -0.444 e. The maximum Gasteiger partial charge on any atom is 0.407 e. The Hall–Kier alpha value is -2.31. The molecular formula is C18H27N5O2. The number of nitrogens with zero attached hydrogens (tertiary/aromatic N) is 3. The molecule has 0 aromatic carbocycles. The number of piperidine rings is 1. The third-order valence-corrected chi connectivity index (χ3v) is 4.50. The quantitative estimate of drug-likeness (QED) is 0.893. The Labute approximate surface area is 148 Å². The number of H-pyrrole nitrogens is 1. The Morgan fingerprint density at radius 2 is 2.08 bits per heavy atom. The van der Waals surface area contributed by atoms with Crippen LogP contribution < -0.4 is 10.2 Å². The van der Waals surface area contributed by atoms with E-state index in [1.807, 2.05) is 27.0 Å². The fourth-order valence-corrected chi connectivity index (χ4v) is 3.23. The highest BCUT2D eigenvalue weighted by atomic mass is 16.6. The standard InChI is InChI=1S/C18H27N5O2/c1-12-9-19-15-14(12)16(22-11-21-15)23-7-5-13(6-8-23)10-20-17(24)25-18(2,3)4/h9,11,13H,5-8,10H2,1-4H3,(H,20,24)(H,19,21,22). The molecule has 0 unspecified atom stereocenters. The first-order valence-electron chi connectivity index (χ1n) is 8.84. The second-order valence-corrected chi connectivity index (χ2v) is 7.71. The van der Waals surface area contributed by atoms with Gasteiger partial charge >= 0.3 is 6.09 Å². The van der Waals surface area contributed by atoms with Crippen LogP contribution in [0.15, 0.2) is 12.5 Å². The number of carbonyl (C=O) groups is 1. The van der Waals surface area contributed by atoms with Gasteiger partial charge in [-0.05, 0) is 52.0 Å². The summed E-state index contributed by atoms with van der Waals surface area (Å²) < 4.78 is 5.29. The molecule has 0 radical (unpaired) electrons. The predicted octanol–water partition coefficient (Wildman–Crippen LogP) is 3.01. The van der Waals surface area contributed by atoms with Gasteiger partial charge in [0.05, 0.1) is 5.39 Å². The van der Waals surface area contributed by atoms with E-state index in [2.05, 4.69) is 32.1 Å². The van der Waals surface area contributed by atoms with Crippen molar-refractivity contribution in [2.75, 3.05) is 24.5 Å². The molecule has 1 fully saturated rings. The average molecular weight is 345 g/mol. The van der Waals surface area contributed by atoms with E-state index >= 15 is 0 Å². The first-order chi connectivity index (χ1) is 11.8. The minimum atomic E-state index is -0.458. The number of aromatic amines is 1. The SMILES string of the molecule is Cc1c[nH]c2ncnc(N3CCC(CNC(=O)OC(C)(C)C)CC3)c12. The summed E-state index contributed by atoms with van der Waals surface area (Å²) >= 11 is 0. The number of carbonyl (C=O) groups excluding carboxylic acids is 1. The molecule has 0 aliphatic carbocycles. The predicted molar refractivity (Wildman–Crippen MR) is 97.8 cm³/mol. The van der Waals surface area contributed by atoms with Gasteiger partial charge in [0, 0.05) is 25.8 Å². The molecule has 1 amide bonds. The Balaban J connectivity index is 1.55. The van der Waals surface area contributed by atoms with E-state index in [4.69, 9.17) is 4.74 Å². The van der Waals surface area contributed by atoms with Crippen LogP contribution in [0.25, 0.3) is 11.0 Å². The molecule has 1 aliphatic rings. The number of aromatic nitrogens is 3. The number of nitrogens with one attached hydrogen (secondary N) is 2. The number of ether oxygens (including phenoxy) is 1. The van der Waals surface area contributed by atoms with Crippen LogP contribution >= 0.6 is 0 Å². The van der Waals surface area contributed by atoms with Crippen LogP contribution in [0.5, 0.6) is 0 Å². The number of rotatable bonds is 3. The highest BCUT2D eigenvalue weighted by Gasteiger charge is 2.24. The van der Waals surface area contributed by atoms with E-state index in [-0.39, 0.29) is 6.09 Å². The molecular weight excluding hydrogens is 318 g/mol. The summed E-state index contributed by atoms with van der Waals surface area (Å²) in [7, 11) is 0. The van der Waals surface area contributed by atoms with Crippen LogP contribution in [0.1, 0.15) is 39.2 Å². The molecule has 25 heavy (non-hydrogen) atoms. The van der Waals surface area contributed by atoms with E-state index in [9.17, 15) is 4.79 Å². The van der Waals surface area contributed by atoms with Gasteiger partial charge in [-0.25, -0.2) is 14.8 Å². The molecule has 0 saturated carbocycles. The van der Waals surface area contributed by atoms with Crippen molar-refractivity contribution < 1.29 is 9.53 Å². The van der Waals surface area contributed by atoms with Crippen molar-refractivity contribution in [2.24, 2.45) is 5.92 Å². The van der Waals surface area contributed by atoms with Crippen LogP contribution in [-0.2, 0) is 4.74 Å². The molecule has 3 heterocycles. The number of alkyl carbamates (subject to hydrolysis) is 1. The van der Waals surface area contributed by atoms with Crippen molar-refractivity contribution in [1.29, 1.82) is 0 Å². The van der Waals surface area contributed by atoms with Crippen molar-refractivity contribution in [2.45, 2.75) is 46.1 Å². The molecule has 3 rings (SSSR count). The number of hydrogen-bond donors (Lipinski definition) is 2.